The molecule has 1 aromatic carbocycles. The Bertz CT molecular complexity index is 607. The van der Waals surface area contributed by atoms with E-state index < -0.39 is 41.4 Å². The highest BCUT2D eigenvalue weighted by atomic mass is 19.2. The van der Waals surface area contributed by atoms with Gasteiger partial charge in [-0.2, -0.15) is 0 Å². The molecule has 0 fully saturated rings. The highest BCUT2D eigenvalue weighted by molar-refractivity contribution is 5.97. The molecule has 8 heteroatoms. The molecule has 23 heavy (non-hydrogen) atoms. The predicted octanol–water partition coefficient (Wildman–Crippen LogP) is 1.14. The van der Waals surface area contributed by atoms with Gasteiger partial charge in [0.15, 0.2) is 11.6 Å². The smallest absolute Gasteiger partial charge is 0.308 e. The van der Waals surface area contributed by atoms with Crippen molar-refractivity contribution < 1.29 is 27.9 Å². The standard InChI is InChI=1S/C15H18F2N2O4/c1-3-23-15(22)8(2)6-12(13(18)20)19-14(21)9-4-5-10(16)11(17)7-9/h4-5,7-8,12H,3,6H2,1-2H3,(H2,18,20)(H,19,21)/t8-,12+/m1/s1. The molecule has 0 spiro atoms. The van der Waals surface area contributed by atoms with Crippen LogP contribution in [0.3, 0.4) is 0 Å². The first-order valence-electron chi connectivity index (χ1n) is 6.98. The fourth-order valence-electron chi connectivity index (χ4n) is 1.86. The molecule has 0 unspecified atom stereocenters. The molecule has 0 heterocycles. The summed E-state index contributed by atoms with van der Waals surface area (Å²) < 4.78 is 30.8. The Balaban J connectivity index is 2.79. The summed E-state index contributed by atoms with van der Waals surface area (Å²) >= 11 is 0. The van der Waals surface area contributed by atoms with E-state index >= 15 is 0 Å². The average molecular weight is 328 g/mol. The minimum absolute atomic E-state index is 0.0659. The molecule has 0 bridgehead atoms. The molecule has 0 aliphatic carbocycles. The fraction of sp³-hybridized carbons (Fsp3) is 0.400. The number of nitrogens with one attached hydrogen (secondary N) is 1. The van der Waals surface area contributed by atoms with Gasteiger partial charge in [-0.25, -0.2) is 8.78 Å². The number of nitrogens with two attached hydrogens (primary N) is 1. The molecule has 126 valence electrons. The third kappa shape index (κ3) is 5.32. The quantitative estimate of drug-likeness (QED) is 0.733. The number of amides is 2. The maximum Gasteiger partial charge on any atom is 0.308 e. The Morgan fingerprint density at radius 2 is 1.91 bits per heavy atom. The van der Waals surface area contributed by atoms with Crippen molar-refractivity contribution in [1.29, 1.82) is 0 Å². The SMILES string of the molecule is CCOC(=O)[C@H](C)C[C@H](NC(=O)c1ccc(F)c(F)c1)C(N)=O. The lowest BCUT2D eigenvalue weighted by Crippen LogP contribution is -2.46. The van der Waals surface area contributed by atoms with Gasteiger partial charge in [-0.3, -0.25) is 14.4 Å². The zero-order chi connectivity index (χ0) is 17.6. The number of primary amides is 1. The Morgan fingerprint density at radius 1 is 1.26 bits per heavy atom. The molecule has 6 nitrogen and oxygen atoms in total. The Labute approximate surface area is 132 Å². The van der Waals surface area contributed by atoms with E-state index in [0.717, 1.165) is 12.1 Å². The third-order valence-electron chi connectivity index (χ3n) is 3.11. The fourth-order valence-corrected chi connectivity index (χ4v) is 1.86. The second-order valence-corrected chi connectivity index (χ2v) is 4.95. The predicted molar refractivity (Wildman–Crippen MR) is 77.2 cm³/mol. The van der Waals surface area contributed by atoms with Crippen LogP contribution in [-0.4, -0.2) is 30.4 Å². The number of carbonyl (C=O) groups is 3. The van der Waals surface area contributed by atoms with Crippen LogP contribution in [0.5, 0.6) is 0 Å². The highest BCUT2D eigenvalue weighted by Gasteiger charge is 2.25. The van der Waals surface area contributed by atoms with Crippen molar-refractivity contribution in [2.45, 2.75) is 26.3 Å². The number of esters is 1. The van der Waals surface area contributed by atoms with E-state index in [1.165, 1.54) is 6.92 Å². The van der Waals surface area contributed by atoms with Crippen LogP contribution in [0, 0.1) is 17.6 Å². The molecule has 3 N–H and O–H groups in total. The second-order valence-electron chi connectivity index (χ2n) is 4.95. The number of rotatable bonds is 7. The molecule has 0 aromatic heterocycles. The molecule has 0 aliphatic rings. The summed E-state index contributed by atoms with van der Waals surface area (Å²) in [6, 6.07) is 1.43. The van der Waals surface area contributed by atoms with Crippen LogP contribution in [0.1, 0.15) is 30.6 Å². The van der Waals surface area contributed by atoms with Gasteiger partial charge in [-0.1, -0.05) is 6.92 Å². The summed E-state index contributed by atoms with van der Waals surface area (Å²) in [6.07, 6.45) is -0.0659. The summed E-state index contributed by atoms with van der Waals surface area (Å²) in [7, 11) is 0. The van der Waals surface area contributed by atoms with Crippen LogP contribution in [0.15, 0.2) is 18.2 Å². The minimum Gasteiger partial charge on any atom is -0.466 e. The number of ether oxygens (including phenoxy) is 1. The van der Waals surface area contributed by atoms with Gasteiger partial charge in [0.1, 0.15) is 6.04 Å². The molecule has 1 aromatic rings. The summed E-state index contributed by atoms with van der Waals surface area (Å²) in [5.41, 5.74) is 5.03. The molecular formula is C15H18F2N2O4. The van der Waals surface area contributed by atoms with Gasteiger partial charge in [0.25, 0.3) is 5.91 Å². The van der Waals surface area contributed by atoms with E-state index in [1.807, 2.05) is 0 Å². The lowest BCUT2D eigenvalue weighted by atomic mass is 10.0. The minimum atomic E-state index is -1.19. The van der Waals surface area contributed by atoms with Crippen molar-refractivity contribution in [2.24, 2.45) is 11.7 Å². The monoisotopic (exact) mass is 328 g/mol. The maximum atomic E-state index is 13.1. The van der Waals surface area contributed by atoms with Crippen LogP contribution in [0.2, 0.25) is 0 Å². The van der Waals surface area contributed by atoms with E-state index in [9.17, 15) is 23.2 Å². The molecular weight excluding hydrogens is 310 g/mol. The first kappa shape index (κ1) is 18.5. The maximum absolute atomic E-state index is 13.1. The Morgan fingerprint density at radius 3 is 2.43 bits per heavy atom. The van der Waals surface area contributed by atoms with Crippen LogP contribution >= 0.6 is 0 Å². The summed E-state index contributed by atoms with van der Waals surface area (Å²) in [5, 5.41) is 2.30. The number of carbonyl (C=O) groups excluding carboxylic acids is 3. The van der Waals surface area contributed by atoms with Crippen molar-refractivity contribution in [3.63, 3.8) is 0 Å². The number of hydrogen-bond acceptors (Lipinski definition) is 4. The van der Waals surface area contributed by atoms with E-state index in [2.05, 4.69) is 5.32 Å². The summed E-state index contributed by atoms with van der Waals surface area (Å²) in [4.78, 5) is 35.0. The normalized spacial score (nSPS) is 13.0. The Kier molecular flexibility index (Phi) is 6.62. The van der Waals surface area contributed by atoms with Crippen LogP contribution in [0.4, 0.5) is 8.78 Å². The van der Waals surface area contributed by atoms with Crippen molar-refractivity contribution in [1.82, 2.24) is 5.32 Å². The van der Waals surface area contributed by atoms with Gasteiger partial charge >= 0.3 is 5.97 Å². The van der Waals surface area contributed by atoms with Crippen molar-refractivity contribution >= 4 is 17.8 Å². The van der Waals surface area contributed by atoms with Crippen LogP contribution in [0.25, 0.3) is 0 Å². The lowest BCUT2D eigenvalue weighted by molar-refractivity contribution is -0.147. The summed E-state index contributed by atoms with van der Waals surface area (Å²) in [5.74, 6) is -5.13. The Hall–Kier alpha value is -2.51. The number of halogens is 2. The van der Waals surface area contributed by atoms with Gasteiger partial charge in [0, 0.05) is 5.56 Å². The van der Waals surface area contributed by atoms with Gasteiger partial charge < -0.3 is 15.8 Å². The zero-order valence-electron chi connectivity index (χ0n) is 12.8. The molecule has 0 saturated heterocycles. The topological polar surface area (TPSA) is 98.5 Å². The zero-order valence-corrected chi connectivity index (χ0v) is 12.8. The molecule has 2 atom stereocenters. The van der Waals surface area contributed by atoms with Crippen molar-refractivity contribution in [3.05, 3.63) is 35.4 Å². The van der Waals surface area contributed by atoms with Gasteiger partial charge in [0.2, 0.25) is 5.91 Å². The van der Waals surface area contributed by atoms with E-state index in [1.54, 1.807) is 6.92 Å². The first-order chi connectivity index (χ1) is 10.8. The van der Waals surface area contributed by atoms with Crippen molar-refractivity contribution in [2.75, 3.05) is 6.61 Å². The number of hydrogen-bond donors (Lipinski definition) is 2. The highest BCUT2D eigenvalue weighted by Crippen LogP contribution is 2.11. The second kappa shape index (κ2) is 8.21. The van der Waals surface area contributed by atoms with E-state index in [4.69, 9.17) is 10.5 Å². The van der Waals surface area contributed by atoms with Crippen LogP contribution in [-0.2, 0) is 14.3 Å². The molecule has 0 saturated carbocycles. The molecule has 0 aliphatic heterocycles. The molecule has 2 amide bonds. The van der Waals surface area contributed by atoms with Crippen LogP contribution < -0.4 is 11.1 Å². The van der Waals surface area contributed by atoms with Gasteiger partial charge in [-0.05, 0) is 31.5 Å². The third-order valence-corrected chi connectivity index (χ3v) is 3.11. The molecule has 0 radical (unpaired) electrons. The molecule has 1 rings (SSSR count). The summed E-state index contributed by atoms with van der Waals surface area (Å²) in [6.45, 7) is 3.35. The largest absolute Gasteiger partial charge is 0.466 e. The van der Waals surface area contributed by atoms with E-state index in [-0.39, 0.29) is 18.6 Å². The van der Waals surface area contributed by atoms with Gasteiger partial charge in [-0.15, -0.1) is 0 Å². The van der Waals surface area contributed by atoms with Crippen molar-refractivity contribution in [3.8, 4) is 0 Å². The first-order valence-corrected chi connectivity index (χ1v) is 6.98. The number of benzene rings is 1. The lowest BCUT2D eigenvalue weighted by Gasteiger charge is -2.19. The average Bonchev–Trinajstić information content (AvgIpc) is 2.49. The van der Waals surface area contributed by atoms with Gasteiger partial charge in [0.05, 0.1) is 12.5 Å². The van der Waals surface area contributed by atoms with E-state index in [0.29, 0.717) is 6.07 Å².